The van der Waals surface area contributed by atoms with Crippen LogP contribution in [0.4, 0.5) is 5.69 Å². The molecule has 0 saturated heterocycles. The summed E-state index contributed by atoms with van der Waals surface area (Å²) < 4.78 is 1.68. The van der Waals surface area contributed by atoms with Gasteiger partial charge in [0.25, 0.3) is 5.56 Å². The minimum absolute atomic E-state index is 0.123. The Kier molecular flexibility index (Phi) is 4.92. The van der Waals surface area contributed by atoms with E-state index in [-0.39, 0.29) is 11.1 Å². The third-order valence-electron chi connectivity index (χ3n) is 5.46. The molecule has 1 aromatic heterocycles. The lowest BCUT2D eigenvalue weighted by Crippen LogP contribution is -2.21. The average Bonchev–Trinajstić information content (AvgIpc) is 3.12. The van der Waals surface area contributed by atoms with Crippen LogP contribution >= 0.6 is 0 Å². The van der Waals surface area contributed by atoms with Crippen LogP contribution in [0.25, 0.3) is 22.6 Å². The van der Waals surface area contributed by atoms with Crippen LogP contribution in [-0.4, -0.2) is 33.7 Å². The van der Waals surface area contributed by atoms with Gasteiger partial charge in [-0.05, 0) is 67.8 Å². The first-order valence-electron chi connectivity index (χ1n) is 9.85. The lowest BCUT2D eigenvalue weighted by atomic mass is 10.1. The van der Waals surface area contributed by atoms with Gasteiger partial charge in [0.2, 0.25) is 0 Å². The number of aromatic carboxylic acids is 1. The lowest BCUT2D eigenvalue weighted by molar-refractivity contribution is 0.0697. The van der Waals surface area contributed by atoms with Crippen molar-refractivity contribution < 1.29 is 9.90 Å². The van der Waals surface area contributed by atoms with Gasteiger partial charge in [-0.25, -0.2) is 9.78 Å². The highest BCUT2D eigenvalue weighted by Crippen LogP contribution is 2.28. The Labute approximate surface area is 168 Å². The highest BCUT2D eigenvalue weighted by molar-refractivity contribution is 5.93. The molecule has 2 aromatic carbocycles. The van der Waals surface area contributed by atoms with E-state index in [1.165, 1.54) is 17.8 Å². The summed E-state index contributed by atoms with van der Waals surface area (Å²) in [4.78, 5) is 31.0. The van der Waals surface area contributed by atoms with Crippen LogP contribution in [0.15, 0.2) is 47.3 Å². The SMILES string of the molecule is CCN(CC)c1ccc(C=C2CCn3c2nc2cc(C(=O)O)ccc2c3=O)cc1. The van der Waals surface area contributed by atoms with E-state index in [1.54, 1.807) is 10.6 Å². The number of hydrogen-bond acceptors (Lipinski definition) is 4. The Bertz CT molecular complexity index is 1170. The molecule has 0 bridgehead atoms. The number of carboxylic acids is 1. The second-order valence-electron chi connectivity index (χ2n) is 7.11. The zero-order chi connectivity index (χ0) is 20.5. The molecule has 2 heterocycles. The largest absolute Gasteiger partial charge is 0.478 e. The normalized spacial score (nSPS) is 14.3. The van der Waals surface area contributed by atoms with Crippen molar-refractivity contribution in [2.45, 2.75) is 26.8 Å². The van der Waals surface area contributed by atoms with Gasteiger partial charge in [0.05, 0.1) is 16.5 Å². The highest BCUT2D eigenvalue weighted by atomic mass is 16.4. The number of anilines is 1. The van der Waals surface area contributed by atoms with Crippen molar-refractivity contribution in [3.05, 3.63) is 69.8 Å². The second-order valence-corrected chi connectivity index (χ2v) is 7.11. The molecule has 29 heavy (non-hydrogen) atoms. The van der Waals surface area contributed by atoms with E-state index < -0.39 is 5.97 Å². The van der Waals surface area contributed by atoms with E-state index in [9.17, 15) is 14.7 Å². The number of rotatable bonds is 5. The minimum Gasteiger partial charge on any atom is -0.478 e. The fourth-order valence-corrected chi connectivity index (χ4v) is 3.86. The molecular weight excluding hydrogens is 366 g/mol. The van der Waals surface area contributed by atoms with Crippen molar-refractivity contribution in [3.8, 4) is 0 Å². The number of benzene rings is 2. The van der Waals surface area contributed by atoms with E-state index in [0.29, 0.717) is 23.3 Å². The van der Waals surface area contributed by atoms with Gasteiger partial charge in [-0.1, -0.05) is 12.1 Å². The van der Waals surface area contributed by atoms with E-state index in [2.05, 4.69) is 54.1 Å². The Morgan fingerprint density at radius 1 is 1.17 bits per heavy atom. The van der Waals surface area contributed by atoms with E-state index in [1.807, 2.05) is 0 Å². The predicted octanol–water partition coefficient (Wildman–Crippen LogP) is 3.89. The lowest BCUT2D eigenvalue weighted by Gasteiger charge is -2.20. The molecule has 0 aliphatic carbocycles. The molecule has 0 spiro atoms. The first-order valence-corrected chi connectivity index (χ1v) is 9.85. The van der Waals surface area contributed by atoms with E-state index >= 15 is 0 Å². The maximum Gasteiger partial charge on any atom is 0.335 e. The minimum atomic E-state index is -1.03. The molecule has 3 aromatic rings. The predicted molar refractivity (Wildman–Crippen MR) is 115 cm³/mol. The van der Waals surface area contributed by atoms with Crippen molar-refractivity contribution in [2.75, 3.05) is 18.0 Å². The number of aromatic nitrogens is 2. The molecule has 0 radical (unpaired) electrons. The summed E-state index contributed by atoms with van der Waals surface area (Å²) in [5, 5.41) is 9.67. The monoisotopic (exact) mass is 389 g/mol. The molecule has 0 unspecified atom stereocenters. The molecule has 1 aliphatic rings. The molecule has 1 N–H and O–H groups in total. The van der Waals surface area contributed by atoms with Gasteiger partial charge in [-0.15, -0.1) is 0 Å². The number of carboxylic acid groups (broad SMARTS) is 1. The number of fused-ring (bicyclic) bond motifs is 2. The number of carbonyl (C=O) groups is 1. The molecule has 0 fully saturated rings. The molecule has 6 heteroatoms. The van der Waals surface area contributed by atoms with E-state index in [4.69, 9.17) is 0 Å². The van der Waals surface area contributed by atoms with Gasteiger partial charge >= 0.3 is 5.97 Å². The molecule has 0 atom stereocenters. The summed E-state index contributed by atoms with van der Waals surface area (Å²) in [6, 6.07) is 12.8. The molecular formula is C23H23N3O3. The van der Waals surface area contributed by atoms with E-state index in [0.717, 1.165) is 30.6 Å². The summed E-state index contributed by atoms with van der Waals surface area (Å²) in [6.07, 6.45) is 2.78. The topological polar surface area (TPSA) is 75.4 Å². The Hall–Kier alpha value is -3.41. The van der Waals surface area contributed by atoms with Gasteiger partial charge in [0, 0.05) is 25.3 Å². The quantitative estimate of drug-likeness (QED) is 0.717. The molecule has 4 rings (SSSR count). The van der Waals surface area contributed by atoms with Crippen molar-refractivity contribution in [1.82, 2.24) is 9.55 Å². The molecule has 6 nitrogen and oxygen atoms in total. The first-order chi connectivity index (χ1) is 14.0. The third kappa shape index (κ3) is 3.42. The number of nitrogens with zero attached hydrogens (tertiary/aromatic N) is 3. The van der Waals surface area contributed by atoms with Crippen LogP contribution in [0, 0.1) is 0 Å². The summed E-state index contributed by atoms with van der Waals surface area (Å²) in [6.45, 7) is 6.78. The maximum atomic E-state index is 12.8. The fourth-order valence-electron chi connectivity index (χ4n) is 3.86. The zero-order valence-corrected chi connectivity index (χ0v) is 16.6. The van der Waals surface area contributed by atoms with Crippen LogP contribution in [0.2, 0.25) is 0 Å². The first kappa shape index (κ1) is 18.9. The number of allylic oxidation sites excluding steroid dienone is 1. The van der Waals surface area contributed by atoms with Gasteiger partial charge in [-0.3, -0.25) is 9.36 Å². The Morgan fingerprint density at radius 3 is 2.55 bits per heavy atom. The summed E-state index contributed by atoms with van der Waals surface area (Å²) >= 11 is 0. The van der Waals surface area contributed by atoms with Crippen LogP contribution in [-0.2, 0) is 6.54 Å². The van der Waals surface area contributed by atoms with Crippen molar-refractivity contribution in [2.24, 2.45) is 0 Å². The Balaban J connectivity index is 1.75. The maximum absolute atomic E-state index is 12.8. The van der Waals surface area contributed by atoms with Crippen LogP contribution in [0.3, 0.4) is 0 Å². The van der Waals surface area contributed by atoms with Gasteiger partial charge in [-0.2, -0.15) is 0 Å². The van der Waals surface area contributed by atoms with Gasteiger partial charge in [0.1, 0.15) is 5.82 Å². The molecule has 0 saturated carbocycles. The second kappa shape index (κ2) is 7.54. The van der Waals surface area contributed by atoms with Crippen molar-refractivity contribution in [3.63, 3.8) is 0 Å². The van der Waals surface area contributed by atoms with Crippen LogP contribution in [0.1, 0.15) is 42.0 Å². The van der Waals surface area contributed by atoms with Gasteiger partial charge < -0.3 is 10.0 Å². The highest BCUT2D eigenvalue weighted by Gasteiger charge is 2.21. The zero-order valence-electron chi connectivity index (χ0n) is 16.6. The summed E-state index contributed by atoms with van der Waals surface area (Å²) in [5.74, 6) is -0.406. The average molecular weight is 389 g/mol. The summed E-state index contributed by atoms with van der Waals surface area (Å²) in [7, 11) is 0. The molecule has 1 aliphatic heterocycles. The fraction of sp³-hybridized carbons (Fsp3) is 0.261. The van der Waals surface area contributed by atoms with Crippen LogP contribution in [0.5, 0.6) is 0 Å². The van der Waals surface area contributed by atoms with Crippen molar-refractivity contribution >= 4 is 34.2 Å². The van der Waals surface area contributed by atoms with Gasteiger partial charge in [0.15, 0.2) is 0 Å². The van der Waals surface area contributed by atoms with Crippen molar-refractivity contribution in [1.29, 1.82) is 0 Å². The molecule has 0 amide bonds. The standard InChI is InChI=1S/C23H23N3O3/c1-3-25(4-2)18-8-5-15(6-9-18)13-16-11-12-26-21(16)24-20-14-17(23(28)29)7-10-19(20)22(26)27/h5-10,13-14H,3-4,11-12H2,1-2H3,(H,28,29). The smallest absolute Gasteiger partial charge is 0.335 e. The summed E-state index contributed by atoms with van der Waals surface area (Å²) in [5.41, 5.74) is 3.65. The third-order valence-corrected chi connectivity index (χ3v) is 5.46. The Morgan fingerprint density at radius 2 is 1.90 bits per heavy atom. The number of hydrogen-bond donors (Lipinski definition) is 1. The molecule has 148 valence electrons. The van der Waals surface area contributed by atoms with Crippen LogP contribution < -0.4 is 10.5 Å².